The van der Waals surface area contributed by atoms with Gasteiger partial charge in [0.25, 0.3) is 0 Å². The summed E-state index contributed by atoms with van der Waals surface area (Å²) in [6, 6.07) is 9.69. The second-order valence-corrected chi connectivity index (χ2v) is 7.71. The second-order valence-electron chi connectivity index (χ2n) is 7.27. The highest BCUT2D eigenvalue weighted by Crippen LogP contribution is 2.29. The van der Waals surface area contributed by atoms with Gasteiger partial charge in [0, 0.05) is 23.5 Å². The van der Waals surface area contributed by atoms with Crippen molar-refractivity contribution in [2.75, 3.05) is 0 Å². The topological polar surface area (TPSA) is 71.8 Å². The van der Waals surface area contributed by atoms with Crippen LogP contribution in [0.3, 0.4) is 0 Å². The lowest BCUT2D eigenvalue weighted by molar-refractivity contribution is 0.590. The number of H-pyrrole nitrogens is 1. The van der Waals surface area contributed by atoms with Gasteiger partial charge in [0.1, 0.15) is 10.7 Å². The molecule has 0 fully saturated rings. The molecule has 0 aliphatic carbocycles. The number of nitrogens with zero attached hydrogens (tertiary/aromatic N) is 1. The molecule has 0 spiro atoms. The number of aromatic amines is 1. The van der Waals surface area contributed by atoms with Crippen LogP contribution in [0.1, 0.15) is 37.6 Å². The van der Waals surface area contributed by atoms with Crippen LogP contribution in [0.2, 0.25) is 0 Å². The molecule has 0 unspecified atom stereocenters. The third-order valence-electron chi connectivity index (χ3n) is 4.36. The Morgan fingerprint density at radius 1 is 1.20 bits per heavy atom. The smallest absolute Gasteiger partial charge is 0.192 e. The standard InChI is InChI=1S/C20H21N3OS/c1-11-9-12(20(2,3)4)5-6-13(11)15-10-16(24)17-14(23-15)7-8-22-18(17)19(21)25/h5-10H,1-4H3,(H2,21,25)(H,23,24). The van der Waals surface area contributed by atoms with Crippen LogP contribution in [0, 0.1) is 6.92 Å². The molecule has 2 heterocycles. The first-order valence-corrected chi connectivity index (χ1v) is 8.52. The van der Waals surface area contributed by atoms with Gasteiger partial charge in [0.15, 0.2) is 5.43 Å². The average molecular weight is 351 g/mol. The predicted molar refractivity (Wildman–Crippen MR) is 107 cm³/mol. The van der Waals surface area contributed by atoms with E-state index < -0.39 is 0 Å². The van der Waals surface area contributed by atoms with Crippen molar-refractivity contribution < 1.29 is 0 Å². The zero-order chi connectivity index (χ0) is 18.4. The molecule has 25 heavy (non-hydrogen) atoms. The Morgan fingerprint density at radius 3 is 2.52 bits per heavy atom. The number of hydrogen-bond donors (Lipinski definition) is 2. The predicted octanol–water partition coefficient (Wildman–Crippen LogP) is 3.83. The summed E-state index contributed by atoms with van der Waals surface area (Å²) in [5.74, 6) is 0. The lowest BCUT2D eigenvalue weighted by atomic mass is 9.85. The first kappa shape index (κ1) is 17.3. The number of thiocarbonyl (C=S) groups is 1. The summed E-state index contributed by atoms with van der Waals surface area (Å²) in [4.78, 5) is 20.2. The van der Waals surface area contributed by atoms with Crippen molar-refractivity contribution in [2.24, 2.45) is 5.73 Å². The van der Waals surface area contributed by atoms with Crippen LogP contribution in [-0.4, -0.2) is 15.0 Å². The molecule has 0 aliphatic heterocycles. The third-order valence-corrected chi connectivity index (χ3v) is 4.55. The fraction of sp³-hybridized carbons (Fsp3) is 0.250. The van der Waals surface area contributed by atoms with E-state index in [0.717, 1.165) is 16.8 Å². The minimum absolute atomic E-state index is 0.0808. The SMILES string of the molecule is Cc1cc(C(C)(C)C)ccc1-c1cc(=O)c2c(C(N)=S)nccc2[nH]1. The minimum atomic E-state index is -0.140. The summed E-state index contributed by atoms with van der Waals surface area (Å²) in [6.07, 6.45) is 1.60. The lowest BCUT2D eigenvalue weighted by Gasteiger charge is -2.20. The summed E-state index contributed by atoms with van der Waals surface area (Å²) >= 11 is 5.01. The van der Waals surface area contributed by atoms with E-state index in [1.165, 1.54) is 5.56 Å². The summed E-state index contributed by atoms with van der Waals surface area (Å²) in [5.41, 5.74) is 10.8. The maximum atomic E-state index is 12.7. The number of benzene rings is 1. The van der Waals surface area contributed by atoms with E-state index in [1.807, 2.05) is 0 Å². The van der Waals surface area contributed by atoms with Gasteiger partial charge < -0.3 is 10.7 Å². The summed E-state index contributed by atoms with van der Waals surface area (Å²) in [7, 11) is 0. The second kappa shape index (κ2) is 6.08. The van der Waals surface area contributed by atoms with E-state index >= 15 is 0 Å². The van der Waals surface area contributed by atoms with Gasteiger partial charge in [-0.15, -0.1) is 0 Å². The van der Waals surface area contributed by atoms with Crippen LogP contribution in [0.5, 0.6) is 0 Å². The maximum Gasteiger partial charge on any atom is 0.192 e. The Kier molecular flexibility index (Phi) is 4.21. The molecule has 1 aromatic carbocycles. The number of aromatic nitrogens is 2. The molecule has 128 valence electrons. The highest BCUT2D eigenvalue weighted by Gasteiger charge is 2.16. The molecule has 2 aromatic heterocycles. The highest BCUT2D eigenvalue weighted by atomic mass is 32.1. The Morgan fingerprint density at radius 2 is 1.92 bits per heavy atom. The van der Waals surface area contributed by atoms with Crippen LogP contribution in [0.25, 0.3) is 22.2 Å². The molecular formula is C20H21N3OS. The molecule has 0 aliphatic rings. The molecule has 3 N–H and O–H groups in total. The largest absolute Gasteiger partial charge is 0.388 e. The van der Waals surface area contributed by atoms with Crippen LogP contribution in [0.15, 0.2) is 41.3 Å². The number of hydrogen-bond acceptors (Lipinski definition) is 3. The molecule has 0 saturated heterocycles. The number of fused-ring (bicyclic) bond motifs is 1. The van der Waals surface area contributed by atoms with Crippen LogP contribution in [0.4, 0.5) is 0 Å². The molecule has 4 nitrogen and oxygen atoms in total. The number of pyridine rings is 2. The molecule has 3 rings (SSSR count). The van der Waals surface area contributed by atoms with Gasteiger partial charge in [-0.2, -0.15) is 0 Å². The van der Waals surface area contributed by atoms with E-state index in [-0.39, 0.29) is 15.8 Å². The third kappa shape index (κ3) is 3.20. The number of nitrogens with two attached hydrogens (primary N) is 1. The van der Waals surface area contributed by atoms with Gasteiger partial charge in [-0.3, -0.25) is 9.78 Å². The van der Waals surface area contributed by atoms with Crippen molar-refractivity contribution in [3.05, 3.63) is 63.6 Å². The maximum absolute atomic E-state index is 12.7. The van der Waals surface area contributed by atoms with Crippen molar-refractivity contribution in [1.29, 1.82) is 0 Å². The lowest BCUT2D eigenvalue weighted by Crippen LogP contribution is -2.16. The van der Waals surface area contributed by atoms with Crippen molar-refractivity contribution in [3.8, 4) is 11.3 Å². The van der Waals surface area contributed by atoms with E-state index in [1.54, 1.807) is 18.3 Å². The fourth-order valence-corrected chi connectivity index (χ4v) is 3.12. The zero-order valence-corrected chi connectivity index (χ0v) is 15.6. The van der Waals surface area contributed by atoms with E-state index in [9.17, 15) is 4.79 Å². The first-order valence-electron chi connectivity index (χ1n) is 8.12. The Bertz CT molecular complexity index is 1040. The Labute approximate surface area is 152 Å². The molecule has 0 saturated carbocycles. The van der Waals surface area contributed by atoms with Crippen molar-refractivity contribution >= 4 is 28.1 Å². The summed E-state index contributed by atoms with van der Waals surface area (Å²) in [6.45, 7) is 8.61. The normalized spacial score (nSPS) is 11.7. The van der Waals surface area contributed by atoms with E-state index in [0.29, 0.717) is 16.6 Å². The van der Waals surface area contributed by atoms with Gasteiger partial charge in [0.05, 0.1) is 10.9 Å². The fourth-order valence-electron chi connectivity index (χ4n) is 2.96. The van der Waals surface area contributed by atoms with Crippen LogP contribution in [-0.2, 0) is 5.41 Å². The molecule has 0 bridgehead atoms. The Hall–Kier alpha value is -2.53. The van der Waals surface area contributed by atoms with Crippen molar-refractivity contribution in [3.63, 3.8) is 0 Å². The summed E-state index contributed by atoms with van der Waals surface area (Å²) < 4.78 is 0. The first-order chi connectivity index (χ1) is 11.7. The van der Waals surface area contributed by atoms with Gasteiger partial charge in [-0.1, -0.05) is 51.2 Å². The molecule has 0 amide bonds. The number of nitrogens with one attached hydrogen (secondary N) is 1. The van der Waals surface area contributed by atoms with Crippen molar-refractivity contribution in [1.82, 2.24) is 9.97 Å². The van der Waals surface area contributed by atoms with Gasteiger partial charge >= 0.3 is 0 Å². The monoisotopic (exact) mass is 351 g/mol. The van der Waals surface area contributed by atoms with Crippen LogP contribution >= 0.6 is 12.2 Å². The highest BCUT2D eigenvalue weighted by molar-refractivity contribution is 7.80. The zero-order valence-electron chi connectivity index (χ0n) is 14.8. The molecule has 5 heteroatoms. The average Bonchev–Trinajstić information content (AvgIpc) is 2.53. The molecular weight excluding hydrogens is 330 g/mol. The number of rotatable bonds is 2. The van der Waals surface area contributed by atoms with Crippen molar-refractivity contribution in [2.45, 2.75) is 33.1 Å². The number of aryl methyl sites for hydroxylation is 1. The van der Waals surface area contributed by atoms with Crippen LogP contribution < -0.4 is 11.2 Å². The summed E-state index contributed by atoms with van der Waals surface area (Å²) in [5, 5.41) is 0.433. The van der Waals surface area contributed by atoms with Gasteiger partial charge in [0.2, 0.25) is 0 Å². The quantitative estimate of drug-likeness (QED) is 0.688. The minimum Gasteiger partial charge on any atom is -0.388 e. The molecule has 3 aromatic rings. The Balaban J connectivity index is 2.21. The van der Waals surface area contributed by atoms with E-state index in [2.05, 4.69) is 55.9 Å². The van der Waals surface area contributed by atoms with E-state index in [4.69, 9.17) is 18.0 Å². The molecule has 0 atom stereocenters. The van der Waals surface area contributed by atoms with Gasteiger partial charge in [-0.25, -0.2) is 0 Å². The molecule has 0 radical (unpaired) electrons. The van der Waals surface area contributed by atoms with Gasteiger partial charge in [-0.05, 0) is 29.5 Å².